The van der Waals surface area contributed by atoms with Gasteiger partial charge < -0.3 is 15.5 Å². The van der Waals surface area contributed by atoms with Crippen molar-refractivity contribution < 1.29 is 24.6 Å². The molecule has 0 saturated heterocycles. The van der Waals surface area contributed by atoms with E-state index in [1.165, 1.54) is 18.4 Å². The Bertz CT molecular complexity index is 881. The van der Waals surface area contributed by atoms with Crippen molar-refractivity contribution in [3.05, 3.63) is 35.5 Å². The number of anilines is 1. The van der Waals surface area contributed by atoms with Crippen LogP contribution in [0, 0.1) is 0 Å². The highest BCUT2D eigenvalue weighted by Crippen LogP contribution is 2.33. The number of carbonyl (C=O) groups is 3. The number of nitrogens with zero attached hydrogens (tertiary/aromatic N) is 2. The Morgan fingerprint density at radius 2 is 1.66 bits per heavy atom. The number of aryl methyl sites for hydroxylation is 1. The van der Waals surface area contributed by atoms with Gasteiger partial charge in [-0.3, -0.25) is 14.7 Å². The molecule has 8 heteroatoms. The summed E-state index contributed by atoms with van der Waals surface area (Å²) in [5, 5.41) is 19.0. The summed E-state index contributed by atoms with van der Waals surface area (Å²) >= 11 is 0. The maximum absolute atomic E-state index is 12.5. The van der Waals surface area contributed by atoms with Crippen molar-refractivity contribution in [2.45, 2.75) is 39.5 Å². The van der Waals surface area contributed by atoms with Crippen LogP contribution < -0.4 is 5.32 Å². The van der Waals surface area contributed by atoms with E-state index in [4.69, 9.17) is 24.8 Å². The Balaban J connectivity index is 0.000000438. The van der Waals surface area contributed by atoms with E-state index in [-0.39, 0.29) is 5.91 Å². The first-order valence-electron chi connectivity index (χ1n) is 9.76. The first-order chi connectivity index (χ1) is 13.9. The molecule has 0 saturated carbocycles. The summed E-state index contributed by atoms with van der Waals surface area (Å²) in [5.74, 6) is -3.58. The summed E-state index contributed by atoms with van der Waals surface area (Å²) in [4.78, 5) is 37.6. The van der Waals surface area contributed by atoms with Crippen LogP contribution in [-0.4, -0.2) is 57.6 Å². The second-order valence-corrected chi connectivity index (χ2v) is 6.76. The quantitative estimate of drug-likeness (QED) is 0.659. The number of nitrogens with one attached hydrogen (secondary N) is 1. The molecule has 1 amide bonds. The van der Waals surface area contributed by atoms with Crippen molar-refractivity contribution in [2.75, 3.05) is 25.0 Å². The minimum absolute atomic E-state index is 0.0674. The van der Waals surface area contributed by atoms with Gasteiger partial charge in [-0.1, -0.05) is 32.0 Å². The molecule has 29 heavy (non-hydrogen) atoms. The maximum atomic E-state index is 12.5. The zero-order chi connectivity index (χ0) is 21.4. The molecule has 0 radical (unpaired) electrons. The fourth-order valence-corrected chi connectivity index (χ4v) is 3.34. The highest BCUT2D eigenvalue weighted by molar-refractivity contribution is 6.27. The average molecular weight is 401 g/mol. The number of hydrogen-bond acceptors (Lipinski definition) is 5. The van der Waals surface area contributed by atoms with Gasteiger partial charge in [0.15, 0.2) is 0 Å². The number of aliphatic carboxylic acids is 2. The van der Waals surface area contributed by atoms with E-state index in [9.17, 15) is 4.79 Å². The number of carboxylic acids is 2. The molecule has 0 fully saturated rings. The van der Waals surface area contributed by atoms with E-state index < -0.39 is 11.9 Å². The smallest absolute Gasteiger partial charge is 0.414 e. The van der Waals surface area contributed by atoms with Gasteiger partial charge in [0.25, 0.3) is 0 Å². The lowest BCUT2D eigenvalue weighted by atomic mass is 9.92. The van der Waals surface area contributed by atoms with Crippen molar-refractivity contribution >= 4 is 34.4 Å². The zero-order valence-electron chi connectivity index (χ0n) is 16.8. The Hall–Kier alpha value is -3.00. The SMILES string of the molecule is CCN(CC)CC(=O)Nc1c2c(nc3ccccc13)CCCC2.O=C(O)C(=O)O. The molecular weight excluding hydrogens is 374 g/mol. The molecule has 8 nitrogen and oxygen atoms in total. The number of pyridine rings is 1. The number of para-hydroxylation sites is 1. The van der Waals surface area contributed by atoms with E-state index in [1.54, 1.807) is 0 Å². The molecule has 156 valence electrons. The van der Waals surface area contributed by atoms with Gasteiger partial charge in [0.2, 0.25) is 5.91 Å². The number of carbonyl (C=O) groups excluding carboxylic acids is 1. The summed E-state index contributed by atoms with van der Waals surface area (Å²) in [6, 6.07) is 8.11. The Labute approximate surface area is 169 Å². The maximum Gasteiger partial charge on any atom is 0.414 e. The highest BCUT2D eigenvalue weighted by Gasteiger charge is 2.19. The van der Waals surface area contributed by atoms with E-state index in [2.05, 4.69) is 30.1 Å². The second kappa shape index (κ2) is 10.5. The largest absolute Gasteiger partial charge is 0.473 e. The number of hydrogen-bond donors (Lipinski definition) is 3. The lowest BCUT2D eigenvalue weighted by Gasteiger charge is -2.22. The molecule has 1 aromatic heterocycles. The van der Waals surface area contributed by atoms with Gasteiger partial charge >= 0.3 is 11.9 Å². The number of fused-ring (bicyclic) bond motifs is 2. The van der Waals surface area contributed by atoms with E-state index in [0.29, 0.717) is 6.54 Å². The van der Waals surface area contributed by atoms with Gasteiger partial charge in [0, 0.05) is 11.1 Å². The van der Waals surface area contributed by atoms with Crippen molar-refractivity contribution in [3.8, 4) is 0 Å². The number of rotatable bonds is 5. The topological polar surface area (TPSA) is 120 Å². The number of benzene rings is 1. The standard InChI is InChI=1S/C19H25N3O.C2H2O4/c1-3-22(4-2)13-18(23)21-19-14-9-5-7-11-16(14)20-17-12-8-6-10-15(17)19;3-1(4)2(5)6/h5,7,9,11H,3-4,6,8,10,12-13H2,1-2H3,(H,20,21,23);(H,3,4)(H,5,6). The highest BCUT2D eigenvalue weighted by atomic mass is 16.4. The zero-order valence-corrected chi connectivity index (χ0v) is 16.8. The fourth-order valence-electron chi connectivity index (χ4n) is 3.34. The Morgan fingerprint density at radius 3 is 2.28 bits per heavy atom. The lowest BCUT2D eigenvalue weighted by molar-refractivity contribution is -0.159. The van der Waals surface area contributed by atoms with Crippen LogP contribution in [0.4, 0.5) is 5.69 Å². The molecular formula is C21H27N3O5. The minimum atomic E-state index is -1.82. The summed E-state index contributed by atoms with van der Waals surface area (Å²) in [7, 11) is 0. The van der Waals surface area contributed by atoms with Crippen LogP contribution in [-0.2, 0) is 27.2 Å². The second-order valence-electron chi connectivity index (χ2n) is 6.76. The van der Waals surface area contributed by atoms with Crippen LogP contribution in [0.1, 0.15) is 37.9 Å². The number of likely N-dealkylation sites (N-methyl/N-ethyl adjacent to an activating group) is 1. The van der Waals surface area contributed by atoms with Crippen LogP contribution in [0.25, 0.3) is 10.9 Å². The molecule has 0 bridgehead atoms. The predicted molar refractivity (Wildman–Crippen MR) is 110 cm³/mol. The fraction of sp³-hybridized carbons (Fsp3) is 0.429. The average Bonchev–Trinajstić information content (AvgIpc) is 2.72. The van der Waals surface area contributed by atoms with E-state index in [0.717, 1.165) is 48.2 Å². The van der Waals surface area contributed by atoms with Gasteiger partial charge in [0.1, 0.15) is 0 Å². The summed E-state index contributed by atoms with van der Waals surface area (Å²) in [6.45, 7) is 6.39. The van der Waals surface area contributed by atoms with Crippen LogP contribution in [0.15, 0.2) is 24.3 Å². The lowest BCUT2D eigenvalue weighted by Crippen LogP contribution is -2.33. The van der Waals surface area contributed by atoms with Crippen molar-refractivity contribution in [3.63, 3.8) is 0 Å². The van der Waals surface area contributed by atoms with Gasteiger partial charge in [-0.05, 0) is 50.4 Å². The third-order valence-electron chi connectivity index (χ3n) is 4.88. The Morgan fingerprint density at radius 1 is 1.03 bits per heavy atom. The molecule has 3 N–H and O–H groups in total. The van der Waals surface area contributed by atoms with Gasteiger partial charge in [-0.15, -0.1) is 0 Å². The minimum Gasteiger partial charge on any atom is -0.473 e. The summed E-state index contributed by atoms with van der Waals surface area (Å²) in [5.41, 5.74) is 4.37. The summed E-state index contributed by atoms with van der Waals surface area (Å²) in [6.07, 6.45) is 4.38. The number of carboxylic acid groups (broad SMARTS) is 2. The molecule has 2 aromatic rings. The molecule has 0 atom stereocenters. The summed E-state index contributed by atoms with van der Waals surface area (Å²) < 4.78 is 0. The van der Waals surface area contributed by atoms with Gasteiger partial charge in [-0.2, -0.15) is 0 Å². The van der Waals surface area contributed by atoms with E-state index >= 15 is 0 Å². The molecule has 1 aliphatic rings. The molecule has 0 unspecified atom stereocenters. The van der Waals surface area contributed by atoms with Gasteiger partial charge in [0.05, 0.1) is 17.7 Å². The molecule has 1 aromatic carbocycles. The first kappa shape index (κ1) is 22.3. The first-order valence-corrected chi connectivity index (χ1v) is 9.76. The number of amides is 1. The normalized spacial score (nSPS) is 12.7. The van der Waals surface area contributed by atoms with Crippen LogP contribution in [0.3, 0.4) is 0 Å². The van der Waals surface area contributed by atoms with Gasteiger partial charge in [-0.25, -0.2) is 9.59 Å². The van der Waals surface area contributed by atoms with Crippen LogP contribution >= 0.6 is 0 Å². The third-order valence-corrected chi connectivity index (χ3v) is 4.88. The van der Waals surface area contributed by atoms with Crippen molar-refractivity contribution in [2.24, 2.45) is 0 Å². The van der Waals surface area contributed by atoms with Crippen molar-refractivity contribution in [1.82, 2.24) is 9.88 Å². The molecule has 3 rings (SSSR count). The third kappa shape index (κ3) is 5.99. The van der Waals surface area contributed by atoms with E-state index in [1.807, 2.05) is 18.2 Å². The molecule has 0 spiro atoms. The Kier molecular flexibility index (Phi) is 8.09. The van der Waals surface area contributed by atoms with Crippen LogP contribution in [0.2, 0.25) is 0 Å². The molecule has 1 aliphatic carbocycles. The monoisotopic (exact) mass is 401 g/mol. The number of aromatic nitrogens is 1. The molecule has 1 heterocycles. The van der Waals surface area contributed by atoms with Crippen LogP contribution in [0.5, 0.6) is 0 Å². The van der Waals surface area contributed by atoms with Crippen molar-refractivity contribution in [1.29, 1.82) is 0 Å². The molecule has 0 aliphatic heterocycles. The predicted octanol–water partition coefficient (Wildman–Crippen LogP) is 2.55.